The molecule has 1 N–H and O–H groups in total. The summed E-state index contributed by atoms with van der Waals surface area (Å²) < 4.78 is 0. The molecule has 0 aliphatic heterocycles. The zero-order chi connectivity index (χ0) is 19.1. The highest BCUT2D eigenvalue weighted by Crippen LogP contribution is 2.14. The van der Waals surface area contributed by atoms with Gasteiger partial charge in [0.05, 0.1) is 5.56 Å². The summed E-state index contributed by atoms with van der Waals surface area (Å²) in [4.78, 5) is 23.2. The maximum atomic E-state index is 12.9. The molecule has 5 heteroatoms. The summed E-state index contributed by atoms with van der Waals surface area (Å²) in [5.41, 5.74) is 2.83. The quantitative estimate of drug-likeness (QED) is 0.688. The second-order valence-corrected chi connectivity index (χ2v) is 6.65. The van der Waals surface area contributed by atoms with Crippen molar-refractivity contribution in [1.29, 1.82) is 0 Å². The van der Waals surface area contributed by atoms with Crippen molar-refractivity contribution in [3.05, 3.63) is 89.9 Å². The molecular weight excluding hydrogens is 336 g/mol. The lowest BCUT2D eigenvalue weighted by Crippen LogP contribution is -2.36. The number of benzene rings is 1. The third-order valence-corrected chi connectivity index (χ3v) is 4.31. The molecule has 0 aliphatic rings. The molecule has 0 bridgehead atoms. The van der Waals surface area contributed by atoms with E-state index in [4.69, 9.17) is 0 Å². The third kappa shape index (κ3) is 5.14. The largest absolute Gasteiger partial charge is 0.366 e. The van der Waals surface area contributed by atoms with Gasteiger partial charge in [0.1, 0.15) is 5.82 Å². The first-order chi connectivity index (χ1) is 13.1. The second kappa shape index (κ2) is 8.94. The Morgan fingerprint density at radius 3 is 2.37 bits per heavy atom. The number of anilines is 1. The zero-order valence-electron chi connectivity index (χ0n) is 15.7. The van der Waals surface area contributed by atoms with Gasteiger partial charge in [-0.25, -0.2) is 4.98 Å². The molecule has 2 heterocycles. The van der Waals surface area contributed by atoms with Crippen LogP contribution in [0.4, 0.5) is 5.82 Å². The molecule has 0 saturated carbocycles. The van der Waals surface area contributed by atoms with E-state index in [9.17, 15) is 4.79 Å². The number of carbonyl (C=O) groups is 1. The molecule has 0 aliphatic carbocycles. The van der Waals surface area contributed by atoms with E-state index in [0.29, 0.717) is 18.7 Å². The predicted molar refractivity (Wildman–Crippen MR) is 107 cm³/mol. The van der Waals surface area contributed by atoms with Gasteiger partial charge >= 0.3 is 0 Å². The van der Waals surface area contributed by atoms with Crippen LogP contribution < -0.4 is 5.32 Å². The molecule has 0 fully saturated rings. The minimum absolute atomic E-state index is 0.0120. The lowest BCUT2D eigenvalue weighted by Gasteiger charge is -2.27. The van der Waals surface area contributed by atoms with Gasteiger partial charge in [-0.1, -0.05) is 30.3 Å². The Balaban J connectivity index is 1.66. The van der Waals surface area contributed by atoms with E-state index in [2.05, 4.69) is 15.3 Å². The second-order valence-electron chi connectivity index (χ2n) is 6.65. The smallest absolute Gasteiger partial charge is 0.255 e. The molecule has 0 saturated heterocycles. The number of rotatable bonds is 7. The molecule has 0 unspecified atom stereocenters. The molecule has 1 aromatic carbocycles. The van der Waals surface area contributed by atoms with Crippen molar-refractivity contribution in [2.24, 2.45) is 0 Å². The number of nitrogens with zero attached hydrogens (tertiary/aromatic N) is 3. The lowest BCUT2D eigenvalue weighted by atomic mass is 10.1. The van der Waals surface area contributed by atoms with Gasteiger partial charge < -0.3 is 10.2 Å². The fourth-order valence-corrected chi connectivity index (χ4v) is 2.75. The first-order valence-electron chi connectivity index (χ1n) is 9.07. The minimum Gasteiger partial charge on any atom is -0.366 e. The van der Waals surface area contributed by atoms with Crippen LogP contribution in [-0.2, 0) is 13.1 Å². The molecule has 27 heavy (non-hydrogen) atoms. The van der Waals surface area contributed by atoms with Crippen molar-refractivity contribution < 1.29 is 4.79 Å². The maximum absolute atomic E-state index is 12.9. The Morgan fingerprint density at radius 2 is 1.74 bits per heavy atom. The summed E-state index contributed by atoms with van der Waals surface area (Å²) in [6.45, 7) is 5.30. The van der Waals surface area contributed by atoms with E-state index >= 15 is 0 Å². The summed E-state index contributed by atoms with van der Waals surface area (Å²) in [7, 11) is 0. The Kier molecular flexibility index (Phi) is 6.15. The number of carbonyl (C=O) groups excluding carboxylic acids is 1. The summed E-state index contributed by atoms with van der Waals surface area (Å²) in [5, 5.41) is 3.26. The first-order valence-corrected chi connectivity index (χ1v) is 9.07. The normalized spacial score (nSPS) is 10.6. The maximum Gasteiger partial charge on any atom is 0.255 e. The highest BCUT2D eigenvalue weighted by molar-refractivity contribution is 5.94. The van der Waals surface area contributed by atoms with Crippen molar-refractivity contribution in [2.75, 3.05) is 5.32 Å². The van der Waals surface area contributed by atoms with Gasteiger partial charge in [0.25, 0.3) is 5.91 Å². The van der Waals surface area contributed by atoms with Crippen LogP contribution in [0.25, 0.3) is 0 Å². The van der Waals surface area contributed by atoms with Crippen LogP contribution in [0, 0.1) is 0 Å². The van der Waals surface area contributed by atoms with E-state index in [1.807, 2.05) is 73.3 Å². The van der Waals surface area contributed by atoms with Crippen LogP contribution in [0.3, 0.4) is 0 Å². The molecule has 5 nitrogen and oxygen atoms in total. The molecule has 0 spiro atoms. The highest BCUT2D eigenvalue weighted by Gasteiger charge is 2.19. The monoisotopic (exact) mass is 360 g/mol. The van der Waals surface area contributed by atoms with Gasteiger partial charge in [-0.05, 0) is 49.2 Å². The fraction of sp³-hybridized carbons (Fsp3) is 0.227. The summed E-state index contributed by atoms with van der Waals surface area (Å²) in [5.74, 6) is 0.726. The van der Waals surface area contributed by atoms with E-state index in [1.165, 1.54) is 0 Å². The Morgan fingerprint density at radius 1 is 1.00 bits per heavy atom. The number of pyridine rings is 2. The third-order valence-electron chi connectivity index (χ3n) is 4.31. The SMILES string of the molecule is CC(C)N(Cc1ccccc1)C(=O)c1ccc(NCc2ccncc2)nc1. The van der Waals surface area contributed by atoms with Crippen molar-refractivity contribution in [1.82, 2.24) is 14.9 Å². The first kappa shape index (κ1) is 18.6. The number of aromatic nitrogens is 2. The molecule has 1 amide bonds. The average Bonchev–Trinajstić information content (AvgIpc) is 2.72. The molecule has 138 valence electrons. The van der Waals surface area contributed by atoms with Gasteiger partial charge in [-0.3, -0.25) is 9.78 Å². The van der Waals surface area contributed by atoms with Gasteiger partial charge in [0.2, 0.25) is 0 Å². The summed E-state index contributed by atoms with van der Waals surface area (Å²) in [6, 6.07) is 17.7. The number of hydrogen-bond donors (Lipinski definition) is 1. The minimum atomic E-state index is -0.0120. The molecule has 3 rings (SSSR count). The Bertz CT molecular complexity index is 849. The molecular formula is C22H24N4O. The van der Waals surface area contributed by atoms with Gasteiger partial charge in [0.15, 0.2) is 0 Å². The molecule has 0 atom stereocenters. The fourth-order valence-electron chi connectivity index (χ4n) is 2.75. The average molecular weight is 360 g/mol. The van der Waals surface area contributed by atoms with Gasteiger partial charge in [-0.15, -0.1) is 0 Å². The van der Waals surface area contributed by atoms with Crippen molar-refractivity contribution in [3.63, 3.8) is 0 Å². The predicted octanol–water partition coefficient (Wildman–Crippen LogP) is 4.14. The number of amides is 1. The van der Waals surface area contributed by atoms with E-state index < -0.39 is 0 Å². The molecule has 0 radical (unpaired) electrons. The topological polar surface area (TPSA) is 58.1 Å². The summed E-state index contributed by atoms with van der Waals surface area (Å²) >= 11 is 0. The van der Waals surface area contributed by atoms with E-state index in [1.54, 1.807) is 18.6 Å². The Hall–Kier alpha value is -3.21. The Labute approximate surface area is 160 Å². The van der Waals surface area contributed by atoms with Crippen LogP contribution in [0.1, 0.15) is 35.3 Å². The van der Waals surface area contributed by atoms with Crippen molar-refractivity contribution >= 4 is 11.7 Å². The summed E-state index contributed by atoms with van der Waals surface area (Å²) in [6.07, 6.45) is 5.16. The highest BCUT2D eigenvalue weighted by atomic mass is 16.2. The van der Waals surface area contributed by atoms with Crippen molar-refractivity contribution in [3.8, 4) is 0 Å². The van der Waals surface area contributed by atoms with Crippen LogP contribution in [-0.4, -0.2) is 26.8 Å². The van der Waals surface area contributed by atoms with Crippen molar-refractivity contribution in [2.45, 2.75) is 33.0 Å². The van der Waals surface area contributed by atoms with Crippen LogP contribution in [0.5, 0.6) is 0 Å². The van der Waals surface area contributed by atoms with Gasteiger partial charge in [0, 0.05) is 37.7 Å². The molecule has 3 aromatic rings. The van der Waals surface area contributed by atoms with Crippen LogP contribution >= 0.6 is 0 Å². The zero-order valence-corrected chi connectivity index (χ0v) is 15.7. The number of nitrogens with one attached hydrogen (secondary N) is 1. The van der Waals surface area contributed by atoms with E-state index in [-0.39, 0.29) is 11.9 Å². The number of hydrogen-bond acceptors (Lipinski definition) is 4. The van der Waals surface area contributed by atoms with Crippen LogP contribution in [0.2, 0.25) is 0 Å². The lowest BCUT2D eigenvalue weighted by molar-refractivity contribution is 0.0690. The van der Waals surface area contributed by atoms with E-state index in [0.717, 1.165) is 16.9 Å². The molecule has 2 aromatic heterocycles. The standard InChI is InChI=1S/C22H24N4O/c1-17(2)26(16-19-6-4-3-5-7-19)22(27)20-8-9-21(25-15-20)24-14-18-10-12-23-13-11-18/h3-13,15,17H,14,16H2,1-2H3,(H,24,25). The van der Waals surface area contributed by atoms with Gasteiger partial charge in [-0.2, -0.15) is 0 Å². The van der Waals surface area contributed by atoms with Crippen LogP contribution in [0.15, 0.2) is 73.2 Å².